The highest BCUT2D eigenvalue weighted by atomic mass is 16.5. The Bertz CT molecular complexity index is 354. The SMILES string of the molecule is COCCNCC(=O)N[C@@H](C)CCc1ccccc1. The lowest BCUT2D eigenvalue weighted by atomic mass is 10.1. The van der Waals surface area contributed by atoms with Gasteiger partial charge < -0.3 is 15.4 Å². The summed E-state index contributed by atoms with van der Waals surface area (Å²) in [6.45, 7) is 3.70. The lowest BCUT2D eigenvalue weighted by Crippen LogP contribution is -2.40. The van der Waals surface area contributed by atoms with E-state index in [1.54, 1.807) is 7.11 Å². The van der Waals surface area contributed by atoms with Gasteiger partial charge in [0.2, 0.25) is 5.91 Å². The van der Waals surface area contributed by atoms with Crippen molar-refractivity contribution in [2.24, 2.45) is 0 Å². The van der Waals surface area contributed by atoms with Gasteiger partial charge in [-0.2, -0.15) is 0 Å². The van der Waals surface area contributed by atoms with Crippen LogP contribution in [-0.4, -0.2) is 38.8 Å². The van der Waals surface area contributed by atoms with Gasteiger partial charge in [0.25, 0.3) is 0 Å². The molecule has 0 spiro atoms. The van der Waals surface area contributed by atoms with Gasteiger partial charge in [-0.3, -0.25) is 4.79 Å². The summed E-state index contributed by atoms with van der Waals surface area (Å²) in [5, 5.41) is 6.01. The van der Waals surface area contributed by atoms with Crippen molar-refractivity contribution >= 4 is 5.91 Å². The first kappa shape index (κ1) is 15.7. The van der Waals surface area contributed by atoms with E-state index in [0.29, 0.717) is 19.7 Å². The highest BCUT2D eigenvalue weighted by Gasteiger charge is 2.06. The van der Waals surface area contributed by atoms with Gasteiger partial charge in [0.15, 0.2) is 0 Å². The minimum atomic E-state index is 0.0386. The first-order valence-corrected chi connectivity index (χ1v) is 6.75. The van der Waals surface area contributed by atoms with Gasteiger partial charge in [0.1, 0.15) is 0 Å². The van der Waals surface area contributed by atoms with Crippen LogP contribution in [-0.2, 0) is 16.0 Å². The molecule has 0 aliphatic heterocycles. The molecule has 2 N–H and O–H groups in total. The number of benzene rings is 1. The zero-order valence-electron chi connectivity index (χ0n) is 11.8. The number of carbonyl (C=O) groups excluding carboxylic acids is 1. The molecule has 0 unspecified atom stereocenters. The number of ether oxygens (including phenoxy) is 1. The van der Waals surface area contributed by atoms with E-state index in [4.69, 9.17) is 4.74 Å². The van der Waals surface area contributed by atoms with Crippen molar-refractivity contribution in [3.63, 3.8) is 0 Å². The third-order valence-electron chi connectivity index (χ3n) is 2.88. The van der Waals surface area contributed by atoms with E-state index in [2.05, 4.69) is 22.8 Å². The number of carbonyl (C=O) groups is 1. The Balaban J connectivity index is 2.13. The van der Waals surface area contributed by atoms with E-state index in [1.807, 2.05) is 25.1 Å². The molecule has 1 aromatic rings. The van der Waals surface area contributed by atoms with Gasteiger partial charge in [-0.1, -0.05) is 30.3 Å². The zero-order valence-corrected chi connectivity index (χ0v) is 11.8. The Hall–Kier alpha value is -1.39. The molecular formula is C15H24N2O2. The molecule has 0 aromatic heterocycles. The molecule has 1 amide bonds. The summed E-state index contributed by atoms with van der Waals surface area (Å²) < 4.78 is 4.90. The van der Waals surface area contributed by atoms with Gasteiger partial charge in [-0.05, 0) is 25.3 Å². The molecule has 4 nitrogen and oxygen atoms in total. The molecule has 106 valence electrons. The molecule has 1 aromatic carbocycles. The van der Waals surface area contributed by atoms with E-state index in [1.165, 1.54) is 5.56 Å². The molecule has 0 aliphatic rings. The summed E-state index contributed by atoms with van der Waals surface area (Å²) in [5.74, 6) is 0.0386. The summed E-state index contributed by atoms with van der Waals surface area (Å²) in [4.78, 5) is 11.6. The molecule has 0 radical (unpaired) electrons. The van der Waals surface area contributed by atoms with Crippen LogP contribution in [0.1, 0.15) is 18.9 Å². The van der Waals surface area contributed by atoms with Crippen LogP contribution >= 0.6 is 0 Å². The molecule has 0 bridgehead atoms. The van der Waals surface area contributed by atoms with E-state index in [-0.39, 0.29) is 11.9 Å². The monoisotopic (exact) mass is 264 g/mol. The average Bonchev–Trinajstić information content (AvgIpc) is 2.42. The molecule has 0 heterocycles. The highest BCUT2D eigenvalue weighted by molar-refractivity contribution is 5.78. The summed E-state index contributed by atoms with van der Waals surface area (Å²) in [7, 11) is 1.65. The lowest BCUT2D eigenvalue weighted by molar-refractivity contribution is -0.120. The fraction of sp³-hybridized carbons (Fsp3) is 0.533. The number of amides is 1. The first-order chi connectivity index (χ1) is 9.22. The minimum Gasteiger partial charge on any atom is -0.383 e. The van der Waals surface area contributed by atoms with Crippen LogP contribution in [0.2, 0.25) is 0 Å². The third kappa shape index (κ3) is 7.59. The zero-order chi connectivity index (χ0) is 13.9. The summed E-state index contributed by atoms with van der Waals surface area (Å²) in [6, 6.07) is 10.5. The number of nitrogens with one attached hydrogen (secondary N) is 2. The normalized spacial score (nSPS) is 12.1. The molecular weight excluding hydrogens is 240 g/mol. The van der Waals surface area contributed by atoms with Crippen molar-refractivity contribution in [3.05, 3.63) is 35.9 Å². The van der Waals surface area contributed by atoms with Crippen molar-refractivity contribution in [1.82, 2.24) is 10.6 Å². The highest BCUT2D eigenvalue weighted by Crippen LogP contribution is 2.04. The smallest absolute Gasteiger partial charge is 0.234 e. The Morgan fingerprint density at radius 1 is 1.32 bits per heavy atom. The van der Waals surface area contributed by atoms with Crippen LogP contribution in [0.25, 0.3) is 0 Å². The van der Waals surface area contributed by atoms with E-state index in [0.717, 1.165) is 12.8 Å². The Morgan fingerprint density at radius 2 is 2.05 bits per heavy atom. The maximum Gasteiger partial charge on any atom is 0.234 e. The predicted octanol–water partition coefficient (Wildman–Crippen LogP) is 1.36. The van der Waals surface area contributed by atoms with E-state index in [9.17, 15) is 4.79 Å². The van der Waals surface area contributed by atoms with Crippen LogP contribution in [0.5, 0.6) is 0 Å². The second-order valence-electron chi connectivity index (χ2n) is 4.66. The minimum absolute atomic E-state index is 0.0386. The van der Waals surface area contributed by atoms with Crippen LogP contribution in [0.4, 0.5) is 0 Å². The third-order valence-corrected chi connectivity index (χ3v) is 2.88. The molecule has 1 rings (SSSR count). The largest absolute Gasteiger partial charge is 0.383 e. The molecule has 0 fully saturated rings. The van der Waals surface area contributed by atoms with Gasteiger partial charge in [0.05, 0.1) is 13.2 Å². The fourth-order valence-electron chi connectivity index (χ4n) is 1.80. The summed E-state index contributed by atoms with van der Waals surface area (Å²) in [6.07, 6.45) is 1.94. The molecule has 1 atom stereocenters. The van der Waals surface area contributed by atoms with Crippen molar-refractivity contribution < 1.29 is 9.53 Å². The first-order valence-electron chi connectivity index (χ1n) is 6.75. The number of aryl methyl sites for hydroxylation is 1. The van der Waals surface area contributed by atoms with Crippen molar-refractivity contribution in [1.29, 1.82) is 0 Å². The van der Waals surface area contributed by atoms with Crippen LogP contribution in [0, 0.1) is 0 Å². The van der Waals surface area contributed by atoms with Crippen LogP contribution in [0.15, 0.2) is 30.3 Å². The van der Waals surface area contributed by atoms with Crippen molar-refractivity contribution in [2.75, 3.05) is 26.8 Å². The number of methoxy groups -OCH3 is 1. The molecule has 0 saturated heterocycles. The van der Waals surface area contributed by atoms with Gasteiger partial charge in [0, 0.05) is 19.7 Å². The van der Waals surface area contributed by atoms with Crippen molar-refractivity contribution in [2.45, 2.75) is 25.8 Å². The average molecular weight is 264 g/mol. The molecule has 19 heavy (non-hydrogen) atoms. The summed E-state index contributed by atoms with van der Waals surface area (Å²) >= 11 is 0. The lowest BCUT2D eigenvalue weighted by Gasteiger charge is -2.14. The van der Waals surface area contributed by atoms with E-state index < -0.39 is 0 Å². The topological polar surface area (TPSA) is 50.4 Å². The van der Waals surface area contributed by atoms with Gasteiger partial charge in [-0.25, -0.2) is 0 Å². The second-order valence-corrected chi connectivity index (χ2v) is 4.66. The van der Waals surface area contributed by atoms with Gasteiger partial charge >= 0.3 is 0 Å². The van der Waals surface area contributed by atoms with E-state index >= 15 is 0 Å². The fourth-order valence-corrected chi connectivity index (χ4v) is 1.80. The standard InChI is InChI=1S/C15H24N2O2/c1-13(8-9-14-6-4-3-5-7-14)17-15(18)12-16-10-11-19-2/h3-7,13,16H,8-12H2,1-2H3,(H,17,18)/t13-/m0/s1. The van der Waals surface area contributed by atoms with Crippen LogP contribution < -0.4 is 10.6 Å². The predicted molar refractivity (Wildman–Crippen MR) is 77.1 cm³/mol. The Labute approximate surface area is 115 Å². The Morgan fingerprint density at radius 3 is 2.74 bits per heavy atom. The Kier molecular flexibility index (Phi) is 7.86. The second kappa shape index (κ2) is 9.53. The molecule has 0 aliphatic carbocycles. The van der Waals surface area contributed by atoms with Gasteiger partial charge in [-0.15, -0.1) is 0 Å². The molecule has 4 heteroatoms. The summed E-state index contributed by atoms with van der Waals surface area (Å²) in [5.41, 5.74) is 1.31. The quantitative estimate of drug-likeness (QED) is 0.662. The molecule has 0 saturated carbocycles. The maximum atomic E-state index is 11.6. The number of hydrogen-bond donors (Lipinski definition) is 2. The number of hydrogen-bond acceptors (Lipinski definition) is 3. The van der Waals surface area contributed by atoms with Crippen molar-refractivity contribution in [3.8, 4) is 0 Å². The maximum absolute atomic E-state index is 11.6. The van der Waals surface area contributed by atoms with Crippen LogP contribution in [0.3, 0.4) is 0 Å². The number of rotatable bonds is 9.